The number of aryl methyl sites for hydroxylation is 1. The Morgan fingerprint density at radius 3 is 2.86 bits per heavy atom. The van der Waals surface area contributed by atoms with Crippen molar-refractivity contribution in [3.8, 4) is 0 Å². The Labute approximate surface area is 135 Å². The fourth-order valence-corrected chi connectivity index (χ4v) is 2.57. The normalized spacial score (nSPS) is 11.8. The SMILES string of the molecule is CN/C(=C\[N+](=O)[O-])NCCSCc1cc(C)c(CN(C)C)o1. The average molecular weight is 328 g/mol. The van der Waals surface area contributed by atoms with E-state index in [1.165, 1.54) is 5.56 Å². The number of nitrogens with zero attached hydrogens (tertiary/aromatic N) is 2. The fourth-order valence-electron chi connectivity index (χ4n) is 1.84. The van der Waals surface area contributed by atoms with Crippen molar-refractivity contribution in [1.82, 2.24) is 15.5 Å². The summed E-state index contributed by atoms with van der Waals surface area (Å²) in [5, 5.41) is 16.1. The molecule has 124 valence electrons. The molecule has 0 amide bonds. The maximum atomic E-state index is 10.4. The number of hydrogen-bond donors (Lipinski definition) is 2. The fraction of sp³-hybridized carbons (Fsp3) is 0.571. The lowest BCUT2D eigenvalue weighted by Crippen LogP contribution is -2.26. The van der Waals surface area contributed by atoms with E-state index in [4.69, 9.17) is 4.42 Å². The lowest BCUT2D eigenvalue weighted by Gasteiger charge is -2.07. The summed E-state index contributed by atoms with van der Waals surface area (Å²) in [5.74, 6) is 4.01. The second-order valence-corrected chi connectivity index (χ2v) is 6.22. The Bertz CT molecular complexity index is 514. The Hall–Kier alpha value is -1.67. The van der Waals surface area contributed by atoms with Gasteiger partial charge in [0, 0.05) is 19.3 Å². The van der Waals surface area contributed by atoms with Crippen molar-refractivity contribution in [2.75, 3.05) is 33.4 Å². The van der Waals surface area contributed by atoms with Gasteiger partial charge in [0.15, 0.2) is 5.82 Å². The molecular formula is C14H24N4O3S. The Morgan fingerprint density at radius 1 is 1.55 bits per heavy atom. The Balaban J connectivity index is 2.31. The van der Waals surface area contributed by atoms with Crippen LogP contribution in [0.1, 0.15) is 17.1 Å². The van der Waals surface area contributed by atoms with Crippen LogP contribution in [-0.4, -0.2) is 43.3 Å². The van der Waals surface area contributed by atoms with Gasteiger partial charge in [-0.15, -0.1) is 0 Å². The van der Waals surface area contributed by atoms with Crippen LogP contribution in [0, 0.1) is 17.0 Å². The molecule has 0 saturated carbocycles. The molecule has 1 aromatic rings. The highest BCUT2D eigenvalue weighted by atomic mass is 32.2. The van der Waals surface area contributed by atoms with E-state index in [9.17, 15) is 10.1 Å². The van der Waals surface area contributed by atoms with Gasteiger partial charge in [-0.05, 0) is 32.6 Å². The Morgan fingerprint density at radius 2 is 2.27 bits per heavy atom. The minimum absolute atomic E-state index is 0.410. The maximum Gasteiger partial charge on any atom is 0.274 e. The van der Waals surface area contributed by atoms with Crippen molar-refractivity contribution in [3.05, 3.63) is 45.3 Å². The van der Waals surface area contributed by atoms with E-state index >= 15 is 0 Å². The molecule has 2 N–H and O–H groups in total. The largest absolute Gasteiger partial charge is 0.464 e. The first kappa shape index (κ1) is 18.4. The smallest absolute Gasteiger partial charge is 0.274 e. The highest BCUT2D eigenvalue weighted by Crippen LogP contribution is 2.20. The molecule has 0 fully saturated rings. The van der Waals surface area contributed by atoms with Crippen molar-refractivity contribution >= 4 is 11.8 Å². The van der Waals surface area contributed by atoms with E-state index in [1.54, 1.807) is 18.8 Å². The summed E-state index contributed by atoms with van der Waals surface area (Å²) in [6, 6.07) is 2.07. The molecule has 0 aliphatic rings. The zero-order valence-electron chi connectivity index (χ0n) is 13.5. The molecule has 0 atom stereocenters. The van der Waals surface area contributed by atoms with Crippen molar-refractivity contribution in [2.45, 2.75) is 19.2 Å². The summed E-state index contributed by atoms with van der Waals surface area (Å²) >= 11 is 1.72. The first-order valence-electron chi connectivity index (χ1n) is 7.00. The van der Waals surface area contributed by atoms with Gasteiger partial charge < -0.3 is 20.0 Å². The van der Waals surface area contributed by atoms with E-state index in [0.29, 0.717) is 12.4 Å². The van der Waals surface area contributed by atoms with Crippen molar-refractivity contribution in [2.24, 2.45) is 0 Å². The highest BCUT2D eigenvalue weighted by Gasteiger charge is 2.08. The lowest BCUT2D eigenvalue weighted by molar-refractivity contribution is -0.404. The molecule has 0 aliphatic heterocycles. The molecular weight excluding hydrogens is 304 g/mol. The van der Waals surface area contributed by atoms with Crippen LogP contribution in [0.25, 0.3) is 0 Å². The van der Waals surface area contributed by atoms with Gasteiger partial charge in [0.1, 0.15) is 11.5 Å². The summed E-state index contributed by atoms with van der Waals surface area (Å²) in [6.07, 6.45) is 0.925. The van der Waals surface area contributed by atoms with E-state index < -0.39 is 4.92 Å². The number of rotatable bonds is 10. The van der Waals surface area contributed by atoms with Gasteiger partial charge in [-0.2, -0.15) is 11.8 Å². The first-order chi connectivity index (χ1) is 10.4. The summed E-state index contributed by atoms with van der Waals surface area (Å²) < 4.78 is 5.83. The molecule has 0 radical (unpaired) electrons. The molecule has 1 aromatic heterocycles. The quantitative estimate of drug-likeness (QED) is 0.385. The monoisotopic (exact) mass is 328 g/mol. The molecule has 0 bridgehead atoms. The summed E-state index contributed by atoms with van der Waals surface area (Å²) in [6.45, 7) is 3.50. The lowest BCUT2D eigenvalue weighted by atomic mass is 10.2. The van der Waals surface area contributed by atoms with Crippen LogP contribution in [-0.2, 0) is 12.3 Å². The van der Waals surface area contributed by atoms with Gasteiger partial charge in [0.25, 0.3) is 6.20 Å². The molecule has 1 heterocycles. The van der Waals surface area contributed by atoms with Gasteiger partial charge in [-0.3, -0.25) is 10.1 Å². The summed E-state index contributed by atoms with van der Waals surface area (Å²) in [4.78, 5) is 12.0. The molecule has 0 unspecified atom stereocenters. The van der Waals surface area contributed by atoms with Crippen molar-refractivity contribution < 1.29 is 9.34 Å². The Kier molecular flexibility index (Phi) is 7.83. The zero-order chi connectivity index (χ0) is 16.5. The van der Waals surface area contributed by atoms with E-state index in [0.717, 1.165) is 35.8 Å². The first-order valence-corrected chi connectivity index (χ1v) is 8.15. The number of hydrogen-bond acceptors (Lipinski definition) is 7. The molecule has 0 aromatic carbocycles. The average Bonchev–Trinajstić information content (AvgIpc) is 2.76. The van der Waals surface area contributed by atoms with Crippen molar-refractivity contribution in [1.29, 1.82) is 0 Å². The van der Waals surface area contributed by atoms with Crippen LogP contribution in [0.3, 0.4) is 0 Å². The van der Waals surface area contributed by atoms with Crippen LogP contribution in [0.2, 0.25) is 0 Å². The molecule has 0 aliphatic carbocycles. The summed E-state index contributed by atoms with van der Waals surface area (Å²) in [7, 11) is 5.67. The molecule has 7 nitrogen and oxygen atoms in total. The van der Waals surface area contributed by atoms with Crippen molar-refractivity contribution in [3.63, 3.8) is 0 Å². The van der Waals surface area contributed by atoms with E-state index in [1.807, 2.05) is 14.1 Å². The van der Waals surface area contributed by atoms with Crippen LogP contribution in [0.5, 0.6) is 0 Å². The van der Waals surface area contributed by atoms with Gasteiger partial charge in [-0.1, -0.05) is 0 Å². The standard InChI is InChI=1S/C14H24N4O3S/c1-11-7-12(21-13(11)8-17(3)4)10-22-6-5-16-14(15-2)9-18(19)20/h7,9,15-16H,5-6,8,10H2,1-4H3/b14-9+. The van der Waals surface area contributed by atoms with Crippen LogP contribution in [0.15, 0.2) is 22.5 Å². The molecule has 22 heavy (non-hydrogen) atoms. The second-order valence-electron chi connectivity index (χ2n) is 5.11. The topological polar surface area (TPSA) is 83.6 Å². The van der Waals surface area contributed by atoms with Gasteiger partial charge in [-0.25, -0.2) is 0 Å². The van der Waals surface area contributed by atoms with Gasteiger partial charge in [0.2, 0.25) is 0 Å². The maximum absolute atomic E-state index is 10.4. The third-order valence-corrected chi connectivity index (χ3v) is 3.82. The molecule has 0 saturated heterocycles. The zero-order valence-corrected chi connectivity index (χ0v) is 14.3. The third-order valence-electron chi connectivity index (χ3n) is 2.84. The number of nitrogens with one attached hydrogen (secondary N) is 2. The van der Waals surface area contributed by atoms with Crippen LogP contribution in [0.4, 0.5) is 0 Å². The van der Waals surface area contributed by atoms with E-state index in [2.05, 4.69) is 28.5 Å². The highest BCUT2D eigenvalue weighted by molar-refractivity contribution is 7.98. The minimum Gasteiger partial charge on any atom is -0.464 e. The minimum atomic E-state index is -0.482. The van der Waals surface area contributed by atoms with Crippen LogP contribution >= 0.6 is 11.8 Å². The number of thioether (sulfide) groups is 1. The van der Waals surface area contributed by atoms with Gasteiger partial charge in [0.05, 0.1) is 17.2 Å². The molecule has 0 spiro atoms. The summed E-state index contributed by atoms with van der Waals surface area (Å²) in [5.41, 5.74) is 1.17. The third kappa shape index (κ3) is 6.86. The molecule has 1 rings (SSSR count). The van der Waals surface area contributed by atoms with E-state index in [-0.39, 0.29) is 0 Å². The van der Waals surface area contributed by atoms with Gasteiger partial charge >= 0.3 is 0 Å². The predicted octanol–water partition coefficient (Wildman–Crippen LogP) is 1.77. The number of furan rings is 1. The second kappa shape index (κ2) is 9.37. The molecule has 8 heteroatoms. The number of nitro groups is 1. The van der Waals surface area contributed by atoms with Crippen LogP contribution < -0.4 is 10.6 Å². The predicted molar refractivity (Wildman–Crippen MR) is 89.1 cm³/mol.